The summed E-state index contributed by atoms with van der Waals surface area (Å²) in [5, 5.41) is 6.21. The van der Waals surface area contributed by atoms with E-state index in [-0.39, 0.29) is 13.0 Å². The molecule has 0 bridgehead atoms. The molecule has 0 radical (unpaired) electrons. The number of alkyl halides is 3. The van der Waals surface area contributed by atoms with Crippen molar-refractivity contribution >= 4 is 5.91 Å². The molecule has 1 aromatic rings. The smallest absolute Gasteiger partial charge is 0.351 e. The Morgan fingerprint density at radius 3 is 2.74 bits per heavy atom. The summed E-state index contributed by atoms with van der Waals surface area (Å²) in [6, 6.07) is -0.829. The lowest BCUT2D eigenvalue weighted by Gasteiger charge is -2.33. The summed E-state index contributed by atoms with van der Waals surface area (Å²) in [4.78, 5) is 15.4. The van der Waals surface area contributed by atoms with Crippen molar-refractivity contribution < 1.29 is 18.0 Å². The molecule has 2 rings (SSSR count). The van der Waals surface area contributed by atoms with Crippen molar-refractivity contribution in [3.63, 3.8) is 0 Å². The van der Waals surface area contributed by atoms with Crippen LogP contribution in [0.2, 0.25) is 0 Å². The van der Waals surface area contributed by atoms with Crippen molar-refractivity contribution in [1.82, 2.24) is 20.1 Å². The zero-order chi connectivity index (χ0) is 13.9. The van der Waals surface area contributed by atoms with Crippen LogP contribution in [-0.4, -0.2) is 32.9 Å². The van der Waals surface area contributed by atoms with Gasteiger partial charge in [-0.15, -0.1) is 0 Å². The third-order valence-corrected chi connectivity index (χ3v) is 3.30. The van der Waals surface area contributed by atoms with Gasteiger partial charge < -0.3 is 5.32 Å². The summed E-state index contributed by atoms with van der Waals surface area (Å²) in [6.07, 6.45) is 0.0746. The number of aromatic nitrogens is 3. The van der Waals surface area contributed by atoms with Crippen molar-refractivity contribution in [2.24, 2.45) is 5.92 Å². The monoisotopic (exact) mass is 276 g/mol. The van der Waals surface area contributed by atoms with Crippen LogP contribution in [0.15, 0.2) is 12.7 Å². The van der Waals surface area contributed by atoms with Crippen molar-refractivity contribution in [2.75, 3.05) is 0 Å². The van der Waals surface area contributed by atoms with Crippen molar-refractivity contribution in [3.05, 3.63) is 12.7 Å². The second kappa shape index (κ2) is 5.58. The number of carbonyl (C=O) groups is 1. The highest BCUT2D eigenvalue weighted by Gasteiger charge is 2.45. The van der Waals surface area contributed by atoms with Crippen LogP contribution in [-0.2, 0) is 11.3 Å². The summed E-state index contributed by atoms with van der Waals surface area (Å²) in [5.74, 6) is -1.91. The molecule has 1 saturated carbocycles. The maximum Gasteiger partial charge on any atom is 0.393 e. The first-order valence-electron chi connectivity index (χ1n) is 6.15. The van der Waals surface area contributed by atoms with Crippen LogP contribution in [0.1, 0.15) is 25.7 Å². The van der Waals surface area contributed by atoms with Crippen LogP contribution in [0.4, 0.5) is 13.2 Å². The SMILES string of the molecule is O=C(Cn1cncn1)N[C@@H]1CCCC[C@@H]1C(F)(F)F. The van der Waals surface area contributed by atoms with Gasteiger partial charge in [0.15, 0.2) is 0 Å². The molecule has 1 aliphatic carbocycles. The number of nitrogens with zero attached hydrogens (tertiary/aromatic N) is 3. The highest BCUT2D eigenvalue weighted by atomic mass is 19.4. The summed E-state index contributed by atoms with van der Waals surface area (Å²) in [5.41, 5.74) is 0. The third-order valence-electron chi connectivity index (χ3n) is 3.30. The first-order valence-corrected chi connectivity index (χ1v) is 6.15. The first kappa shape index (κ1) is 13.8. The maximum atomic E-state index is 12.8. The summed E-state index contributed by atoms with van der Waals surface area (Å²) in [6.45, 7) is -0.110. The molecule has 106 valence electrons. The molecular weight excluding hydrogens is 261 g/mol. The van der Waals surface area contributed by atoms with Crippen LogP contribution in [0.5, 0.6) is 0 Å². The fraction of sp³-hybridized carbons (Fsp3) is 0.727. The highest BCUT2D eigenvalue weighted by molar-refractivity contribution is 5.75. The molecule has 1 amide bonds. The minimum atomic E-state index is -4.26. The lowest BCUT2D eigenvalue weighted by molar-refractivity contribution is -0.189. The van der Waals surface area contributed by atoms with Crippen LogP contribution < -0.4 is 5.32 Å². The lowest BCUT2D eigenvalue weighted by Crippen LogP contribution is -2.48. The Kier molecular flexibility index (Phi) is 4.06. The minimum Gasteiger partial charge on any atom is -0.351 e. The molecule has 1 N–H and O–H groups in total. The van der Waals surface area contributed by atoms with E-state index in [4.69, 9.17) is 0 Å². The van der Waals surface area contributed by atoms with Gasteiger partial charge in [0.1, 0.15) is 19.2 Å². The van der Waals surface area contributed by atoms with Gasteiger partial charge in [-0.1, -0.05) is 12.8 Å². The number of nitrogens with one attached hydrogen (secondary N) is 1. The van der Waals surface area contributed by atoms with Gasteiger partial charge >= 0.3 is 6.18 Å². The molecule has 0 aliphatic heterocycles. The molecule has 2 atom stereocenters. The number of hydrogen-bond acceptors (Lipinski definition) is 3. The van der Waals surface area contributed by atoms with E-state index in [1.165, 1.54) is 17.3 Å². The second-order valence-corrected chi connectivity index (χ2v) is 4.70. The molecule has 0 unspecified atom stereocenters. The number of rotatable bonds is 3. The number of halogens is 3. The topological polar surface area (TPSA) is 59.8 Å². The molecule has 0 saturated heterocycles. The van der Waals surface area contributed by atoms with E-state index in [1.807, 2.05) is 0 Å². The van der Waals surface area contributed by atoms with Gasteiger partial charge in [0.2, 0.25) is 5.91 Å². The molecule has 5 nitrogen and oxygen atoms in total. The number of hydrogen-bond donors (Lipinski definition) is 1. The molecule has 1 fully saturated rings. The Hall–Kier alpha value is -1.60. The molecular formula is C11H15F3N4O. The van der Waals surface area contributed by atoms with Gasteiger partial charge in [0.05, 0.1) is 5.92 Å². The average Bonchev–Trinajstić information content (AvgIpc) is 2.81. The molecule has 19 heavy (non-hydrogen) atoms. The van der Waals surface area contributed by atoms with E-state index >= 15 is 0 Å². The summed E-state index contributed by atoms with van der Waals surface area (Å²) < 4.78 is 39.8. The van der Waals surface area contributed by atoms with Gasteiger partial charge in [-0.3, -0.25) is 4.79 Å². The lowest BCUT2D eigenvalue weighted by atomic mass is 9.84. The predicted octanol–water partition coefficient (Wildman–Crippen LogP) is 1.52. The third kappa shape index (κ3) is 3.68. The summed E-state index contributed by atoms with van der Waals surface area (Å²) >= 11 is 0. The molecule has 0 spiro atoms. The molecule has 1 aliphatic rings. The Labute approximate surface area is 108 Å². The van der Waals surface area contributed by atoms with Gasteiger partial charge in [0, 0.05) is 6.04 Å². The average molecular weight is 276 g/mol. The van der Waals surface area contributed by atoms with E-state index in [0.717, 1.165) is 0 Å². The summed E-state index contributed by atoms with van der Waals surface area (Å²) in [7, 11) is 0. The molecule has 0 aromatic carbocycles. The number of carbonyl (C=O) groups excluding carboxylic acids is 1. The van der Waals surface area contributed by atoms with E-state index in [0.29, 0.717) is 19.3 Å². The zero-order valence-corrected chi connectivity index (χ0v) is 10.2. The van der Waals surface area contributed by atoms with Crippen LogP contribution in [0, 0.1) is 5.92 Å². The fourth-order valence-corrected chi connectivity index (χ4v) is 2.41. The van der Waals surface area contributed by atoms with Gasteiger partial charge in [-0.2, -0.15) is 18.3 Å². The Bertz CT molecular complexity index is 418. The van der Waals surface area contributed by atoms with E-state index in [9.17, 15) is 18.0 Å². The predicted molar refractivity (Wildman–Crippen MR) is 60.0 cm³/mol. The van der Waals surface area contributed by atoms with E-state index in [2.05, 4.69) is 15.4 Å². The minimum absolute atomic E-state index is 0.0811. The zero-order valence-electron chi connectivity index (χ0n) is 10.2. The van der Waals surface area contributed by atoms with Gasteiger partial charge in [-0.05, 0) is 12.8 Å². The standard InChI is InChI=1S/C11H15F3N4O/c12-11(13,14)8-3-1-2-4-9(8)17-10(19)5-18-7-15-6-16-18/h6-9H,1-5H2,(H,17,19)/t8-,9+/m0/s1. The van der Waals surface area contributed by atoms with Gasteiger partial charge in [-0.25, -0.2) is 9.67 Å². The van der Waals surface area contributed by atoms with Crippen LogP contribution >= 0.6 is 0 Å². The van der Waals surface area contributed by atoms with Crippen molar-refractivity contribution in [3.8, 4) is 0 Å². The highest BCUT2D eigenvalue weighted by Crippen LogP contribution is 2.37. The normalized spacial score (nSPS) is 24.2. The maximum absolute atomic E-state index is 12.8. The molecule has 8 heteroatoms. The van der Waals surface area contributed by atoms with E-state index in [1.54, 1.807) is 0 Å². The quantitative estimate of drug-likeness (QED) is 0.910. The second-order valence-electron chi connectivity index (χ2n) is 4.70. The number of amides is 1. The van der Waals surface area contributed by atoms with Crippen molar-refractivity contribution in [1.29, 1.82) is 0 Å². The van der Waals surface area contributed by atoms with E-state index < -0.39 is 24.0 Å². The fourth-order valence-electron chi connectivity index (χ4n) is 2.41. The largest absolute Gasteiger partial charge is 0.393 e. The van der Waals surface area contributed by atoms with Gasteiger partial charge in [0.25, 0.3) is 0 Å². The Morgan fingerprint density at radius 1 is 1.37 bits per heavy atom. The van der Waals surface area contributed by atoms with Crippen molar-refractivity contribution in [2.45, 2.75) is 44.4 Å². The Balaban J connectivity index is 1.94. The van der Waals surface area contributed by atoms with Crippen LogP contribution in [0.3, 0.4) is 0 Å². The molecule has 1 aromatic heterocycles. The van der Waals surface area contributed by atoms with Crippen LogP contribution in [0.25, 0.3) is 0 Å². The molecule has 1 heterocycles. The Morgan fingerprint density at radius 2 is 2.11 bits per heavy atom. The first-order chi connectivity index (χ1) is 8.97.